The van der Waals surface area contributed by atoms with Crippen LogP contribution in [0.4, 0.5) is 13.2 Å². The smallest absolute Gasteiger partial charge is 0.328 e. The number of alkyl halides is 3. The van der Waals surface area contributed by atoms with Crippen molar-refractivity contribution in [3.63, 3.8) is 0 Å². The normalized spacial score (nSPS) is 13.3. The van der Waals surface area contributed by atoms with Crippen molar-refractivity contribution in [1.82, 2.24) is 0 Å². The SMILES string of the molecule is CC#CCCC(N)CCC(F)(F)F. The van der Waals surface area contributed by atoms with Gasteiger partial charge in [-0.15, -0.1) is 11.8 Å². The molecule has 0 aliphatic carbocycles. The minimum absolute atomic E-state index is 0.00507. The second-order valence-corrected chi connectivity index (χ2v) is 2.88. The van der Waals surface area contributed by atoms with E-state index in [2.05, 4.69) is 11.8 Å². The van der Waals surface area contributed by atoms with E-state index in [4.69, 9.17) is 5.73 Å². The molecule has 4 heteroatoms. The average Bonchev–Trinajstić information content (AvgIpc) is 2.00. The van der Waals surface area contributed by atoms with Crippen molar-refractivity contribution >= 4 is 0 Å². The lowest BCUT2D eigenvalue weighted by Crippen LogP contribution is -2.22. The van der Waals surface area contributed by atoms with Crippen LogP contribution in [0.3, 0.4) is 0 Å². The van der Waals surface area contributed by atoms with E-state index < -0.39 is 12.6 Å². The summed E-state index contributed by atoms with van der Waals surface area (Å²) in [6, 6.07) is -0.387. The Hall–Kier alpha value is -0.690. The highest BCUT2D eigenvalue weighted by atomic mass is 19.4. The lowest BCUT2D eigenvalue weighted by Gasteiger charge is -2.11. The Balaban J connectivity index is 3.49. The maximum absolute atomic E-state index is 11.7. The van der Waals surface area contributed by atoms with Gasteiger partial charge in [-0.2, -0.15) is 13.2 Å². The maximum atomic E-state index is 11.7. The lowest BCUT2D eigenvalue weighted by molar-refractivity contribution is -0.136. The van der Waals surface area contributed by atoms with Crippen LogP contribution in [-0.4, -0.2) is 12.2 Å². The van der Waals surface area contributed by atoms with E-state index in [0.29, 0.717) is 12.8 Å². The highest BCUT2D eigenvalue weighted by molar-refractivity contribution is 4.95. The van der Waals surface area contributed by atoms with E-state index in [1.54, 1.807) is 6.92 Å². The van der Waals surface area contributed by atoms with Gasteiger partial charge in [0.05, 0.1) is 0 Å². The highest BCUT2D eigenvalue weighted by Crippen LogP contribution is 2.22. The molecule has 1 atom stereocenters. The molecule has 76 valence electrons. The third-order valence-corrected chi connectivity index (χ3v) is 1.62. The Morgan fingerprint density at radius 1 is 1.31 bits per heavy atom. The van der Waals surface area contributed by atoms with E-state index in [1.807, 2.05) is 0 Å². The van der Waals surface area contributed by atoms with Crippen LogP contribution >= 0.6 is 0 Å². The Labute approximate surface area is 76.5 Å². The molecule has 1 nitrogen and oxygen atoms in total. The number of rotatable bonds is 4. The molecule has 0 radical (unpaired) electrons. The zero-order valence-corrected chi connectivity index (χ0v) is 7.62. The van der Waals surface area contributed by atoms with Crippen LogP contribution in [0.25, 0.3) is 0 Å². The Morgan fingerprint density at radius 3 is 2.38 bits per heavy atom. The molecular formula is C9H14F3N. The third-order valence-electron chi connectivity index (χ3n) is 1.62. The first-order valence-corrected chi connectivity index (χ1v) is 4.17. The van der Waals surface area contributed by atoms with E-state index in [0.717, 1.165) is 0 Å². The summed E-state index contributed by atoms with van der Waals surface area (Å²) in [5, 5.41) is 0. The fraction of sp³-hybridized carbons (Fsp3) is 0.778. The van der Waals surface area contributed by atoms with Crippen molar-refractivity contribution in [2.45, 2.75) is 44.8 Å². The fourth-order valence-corrected chi connectivity index (χ4v) is 0.876. The van der Waals surface area contributed by atoms with Gasteiger partial charge in [0.15, 0.2) is 0 Å². The van der Waals surface area contributed by atoms with Crippen molar-refractivity contribution in [2.24, 2.45) is 5.73 Å². The predicted molar refractivity (Wildman–Crippen MR) is 45.9 cm³/mol. The molecule has 0 fully saturated rings. The van der Waals surface area contributed by atoms with Gasteiger partial charge in [-0.3, -0.25) is 0 Å². The molecule has 0 bridgehead atoms. The van der Waals surface area contributed by atoms with Crippen LogP contribution in [0.2, 0.25) is 0 Å². The summed E-state index contributed by atoms with van der Waals surface area (Å²) in [6.45, 7) is 1.70. The first-order valence-electron chi connectivity index (χ1n) is 4.17. The second kappa shape index (κ2) is 5.87. The van der Waals surface area contributed by atoms with Crippen LogP contribution < -0.4 is 5.73 Å². The van der Waals surface area contributed by atoms with Gasteiger partial charge in [-0.05, 0) is 19.8 Å². The Morgan fingerprint density at radius 2 is 1.92 bits per heavy atom. The van der Waals surface area contributed by atoms with E-state index in [9.17, 15) is 13.2 Å². The maximum Gasteiger partial charge on any atom is 0.389 e. The molecule has 1 unspecified atom stereocenters. The summed E-state index contributed by atoms with van der Waals surface area (Å²) in [7, 11) is 0. The molecule has 0 saturated carbocycles. The first kappa shape index (κ1) is 12.3. The van der Waals surface area contributed by atoms with Crippen molar-refractivity contribution in [1.29, 1.82) is 0 Å². The quantitative estimate of drug-likeness (QED) is 0.682. The molecule has 0 aliphatic rings. The first-order chi connectivity index (χ1) is 5.95. The average molecular weight is 193 g/mol. The highest BCUT2D eigenvalue weighted by Gasteiger charge is 2.27. The van der Waals surface area contributed by atoms with Crippen molar-refractivity contribution in [2.75, 3.05) is 0 Å². The van der Waals surface area contributed by atoms with Gasteiger partial charge < -0.3 is 5.73 Å². The van der Waals surface area contributed by atoms with Gasteiger partial charge in [-0.25, -0.2) is 0 Å². The summed E-state index contributed by atoms with van der Waals surface area (Å²) in [5.74, 6) is 5.43. The third kappa shape index (κ3) is 9.22. The number of halogens is 3. The van der Waals surface area contributed by atoms with Crippen molar-refractivity contribution in [3.8, 4) is 11.8 Å². The molecule has 0 aromatic carbocycles. The van der Waals surface area contributed by atoms with Crippen LogP contribution in [-0.2, 0) is 0 Å². The number of hydrogen-bond acceptors (Lipinski definition) is 1. The molecule has 0 amide bonds. The van der Waals surface area contributed by atoms with Gasteiger partial charge in [0.1, 0.15) is 0 Å². The molecule has 13 heavy (non-hydrogen) atoms. The summed E-state index contributed by atoms with van der Waals surface area (Å²) in [5.41, 5.74) is 5.45. The Bertz CT molecular complexity index is 187. The molecule has 0 spiro atoms. The summed E-state index contributed by atoms with van der Waals surface area (Å²) < 4.78 is 35.2. The van der Waals surface area contributed by atoms with Crippen molar-refractivity contribution in [3.05, 3.63) is 0 Å². The van der Waals surface area contributed by atoms with E-state index in [1.165, 1.54) is 0 Å². The molecule has 0 saturated heterocycles. The largest absolute Gasteiger partial charge is 0.389 e. The molecule has 2 N–H and O–H groups in total. The minimum Gasteiger partial charge on any atom is -0.328 e. The van der Waals surface area contributed by atoms with E-state index in [-0.39, 0.29) is 12.5 Å². The second-order valence-electron chi connectivity index (χ2n) is 2.88. The molecule has 0 rings (SSSR count). The molecule has 0 heterocycles. The molecule has 0 aromatic heterocycles. The van der Waals surface area contributed by atoms with Gasteiger partial charge in [0.2, 0.25) is 0 Å². The van der Waals surface area contributed by atoms with Crippen LogP contribution in [0.15, 0.2) is 0 Å². The van der Waals surface area contributed by atoms with Gasteiger partial charge in [0.25, 0.3) is 0 Å². The van der Waals surface area contributed by atoms with Crippen LogP contribution in [0.5, 0.6) is 0 Å². The van der Waals surface area contributed by atoms with Crippen LogP contribution in [0.1, 0.15) is 32.6 Å². The zero-order chi connectivity index (χ0) is 10.3. The fourth-order valence-electron chi connectivity index (χ4n) is 0.876. The lowest BCUT2D eigenvalue weighted by atomic mass is 10.1. The standard InChI is InChI=1S/C9H14F3N/c1-2-3-4-5-8(13)6-7-9(10,11)12/h8H,4-7,13H2,1H3. The van der Waals surface area contributed by atoms with Gasteiger partial charge >= 0.3 is 6.18 Å². The van der Waals surface area contributed by atoms with E-state index >= 15 is 0 Å². The summed E-state index contributed by atoms with van der Waals surface area (Å²) in [6.07, 6.45) is -3.77. The number of hydrogen-bond donors (Lipinski definition) is 1. The minimum atomic E-state index is -4.09. The predicted octanol–water partition coefficient (Wildman–Crippen LogP) is 2.46. The van der Waals surface area contributed by atoms with Gasteiger partial charge in [0, 0.05) is 18.9 Å². The molecule has 0 aliphatic heterocycles. The van der Waals surface area contributed by atoms with Gasteiger partial charge in [-0.1, -0.05) is 0 Å². The van der Waals surface area contributed by atoms with Crippen molar-refractivity contribution < 1.29 is 13.2 Å². The molecule has 0 aromatic rings. The summed E-state index contributed by atoms with van der Waals surface area (Å²) >= 11 is 0. The monoisotopic (exact) mass is 193 g/mol. The number of nitrogens with two attached hydrogens (primary N) is 1. The summed E-state index contributed by atoms with van der Waals surface area (Å²) in [4.78, 5) is 0. The Kier molecular flexibility index (Phi) is 5.56. The van der Waals surface area contributed by atoms with Crippen LogP contribution in [0, 0.1) is 11.8 Å². The topological polar surface area (TPSA) is 26.0 Å². The molecular weight excluding hydrogens is 179 g/mol. The zero-order valence-electron chi connectivity index (χ0n) is 7.62.